The van der Waals surface area contributed by atoms with Crippen molar-refractivity contribution in [2.45, 2.75) is 51.5 Å². The summed E-state index contributed by atoms with van der Waals surface area (Å²) in [6, 6.07) is 8.59. The van der Waals surface area contributed by atoms with Crippen molar-refractivity contribution in [1.82, 2.24) is 15.2 Å². The lowest BCUT2D eigenvalue weighted by atomic mass is 10.0. The molecule has 0 saturated carbocycles. The predicted octanol–water partition coefficient (Wildman–Crippen LogP) is 4.13. The number of nitrogens with zero attached hydrogens (tertiary/aromatic N) is 2. The monoisotopic (exact) mass is 345 g/mol. The average molecular weight is 346 g/mol. The third kappa shape index (κ3) is 4.33. The van der Waals surface area contributed by atoms with Crippen molar-refractivity contribution in [2.75, 3.05) is 19.6 Å². The molecule has 3 rings (SSSR count). The SMILES string of the molecule is CCCCCNC(=O)CN1CCCCC1c1nc2ccccc2s1. The Morgan fingerprint density at radius 3 is 3.04 bits per heavy atom. The molecule has 0 spiro atoms. The topological polar surface area (TPSA) is 45.2 Å². The number of para-hydroxylation sites is 1. The molecule has 1 saturated heterocycles. The van der Waals surface area contributed by atoms with Gasteiger partial charge in [-0.3, -0.25) is 9.69 Å². The van der Waals surface area contributed by atoms with Crippen LogP contribution >= 0.6 is 11.3 Å². The molecule has 1 unspecified atom stereocenters. The van der Waals surface area contributed by atoms with Gasteiger partial charge < -0.3 is 5.32 Å². The molecular weight excluding hydrogens is 318 g/mol. The van der Waals surface area contributed by atoms with Crippen LogP contribution in [-0.2, 0) is 4.79 Å². The number of aromatic nitrogens is 1. The minimum atomic E-state index is 0.152. The van der Waals surface area contributed by atoms with E-state index in [2.05, 4.69) is 35.3 Å². The van der Waals surface area contributed by atoms with Gasteiger partial charge in [-0.2, -0.15) is 0 Å². The minimum Gasteiger partial charge on any atom is -0.355 e. The van der Waals surface area contributed by atoms with Crippen LogP contribution in [0.15, 0.2) is 24.3 Å². The van der Waals surface area contributed by atoms with Crippen LogP contribution in [0, 0.1) is 0 Å². The van der Waals surface area contributed by atoms with Gasteiger partial charge in [0.2, 0.25) is 5.91 Å². The van der Waals surface area contributed by atoms with Crippen molar-refractivity contribution in [3.8, 4) is 0 Å². The predicted molar refractivity (Wildman–Crippen MR) is 100 cm³/mol. The summed E-state index contributed by atoms with van der Waals surface area (Å²) >= 11 is 1.77. The second-order valence-corrected chi connectivity index (χ2v) is 7.62. The fourth-order valence-corrected chi connectivity index (χ4v) is 4.47. The number of carbonyl (C=O) groups excluding carboxylic acids is 1. The normalized spacial score (nSPS) is 18.8. The highest BCUT2D eigenvalue weighted by atomic mass is 32.1. The summed E-state index contributed by atoms with van der Waals surface area (Å²) in [5.41, 5.74) is 1.08. The third-order valence-electron chi connectivity index (χ3n) is 4.66. The Hall–Kier alpha value is -1.46. The summed E-state index contributed by atoms with van der Waals surface area (Å²) in [6.07, 6.45) is 6.92. The van der Waals surface area contributed by atoms with Crippen molar-refractivity contribution >= 4 is 27.5 Å². The molecule has 0 bridgehead atoms. The van der Waals surface area contributed by atoms with Crippen LogP contribution in [0.1, 0.15) is 56.5 Å². The maximum atomic E-state index is 12.3. The number of hydrogen-bond donors (Lipinski definition) is 1. The molecule has 130 valence electrons. The number of piperidine rings is 1. The lowest BCUT2D eigenvalue weighted by Gasteiger charge is -2.33. The van der Waals surface area contributed by atoms with Crippen LogP contribution in [0.25, 0.3) is 10.2 Å². The summed E-state index contributed by atoms with van der Waals surface area (Å²) in [4.78, 5) is 19.4. The van der Waals surface area contributed by atoms with Crippen LogP contribution in [-0.4, -0.2) is 35.4 Å². The van der Waals surface area contributed by atoms with Gasteiger partial charge in [-0.25, -0.2) is 4.98 Å². The molecular formula is C19H27N3OS. The van der Waals surface area contributed by atoms with Crippen LogP contribution < -0.4 is 5.32 Å². The molecule has 1 amide bonds. The Kier molecular flexibility index (Phi) is 6.21. The molecule has 1 aromatic heterocycles. The van der Waals surface area contributed by atoms with Crippen molar-refractivity contribution in [3.05, 3.63) is 29.3 Å². The number of fused-ring (bicyclic) bond motifs is 1. The van der Waals surface area contributed by atoms with E-state index < -0.39 is 0 Å². The van der Waals surface area contributed by atoms with E-state index in [-0.39, 0.29) is 11.9 Å². The fourth-order valence-electron chi connectivity index (χ4n) is 3.34. The highest BCUT2D eigenvalue weighted by molar-refractivity contribution is 7.18. The van der Waals surface area contributed by atoms with Gasteiger partial charge in [0.05, 0.1) is 22.8 Å². The Morgan fingerprint density at radius 1 is 1.33 bits per heavy atom. The zero-order valence-corrected chi connectivity index (χ0v) is 15.3. The number of benzene rings is 1. The summed E-state index contributed by atoms with van der Waals surface area (Å²) in [5, 5.41) is 4.23. The number of unbranched alkanes of at least 4 members (excludes halogenated alkanes) is 2. The van der Waals surface area contributed by atoms with Crippen LogP contribution in [0.2, 0.25) is 0 Å². The molecule has 1 aromatic carbocycles. The second-order valence-electron chi connectivity index (χ2n) is 6.56. The van der Waals surface area contributed by atoms with E-state index in [1.54, 1.807) is 11.3 Å². The first-order valence-corrected chi connectivity index (χ1v) is 9.96. The lowest BCUT2D eigenvalue weighted by Crippen LogP contribution is -2.41. The molecule has 1 aliphatic heterocycles. The standard InChI is InChI=1S/C19H27N3OS/c1-2-3-7-12-20-18(23)14-22-13-8-6-10-16(22)19-21-15-9-4-5-11-17(15)24-19/h4-5,9,11,16H,2-3,6-8,10,12-14H2,1H3,(H,20,23). The summed E-state index contributed by atoms with van der Waals surface area (Å²) < 4.78 is 1.24. The largest absolute Gasteiger partial charge is 0.355 e. The van der Waals surface area contributed by atoms with E-state index in [0.717, 1.165) is 36.5 Å². The van der Waals surface area contributed by atoms with Crippen molar-refractivity contribution in [1.29, 1.82) is 0 Å². The lowest BCUT2D eigenvalue weighted by molar-refractivity contribution is -0.123. The fraction of sp³-hybridized carbons (Fsp3) is 0.579. The number of amides is 1. The Balaban J connectivity index is 1.63. The first kappa shape index (κ1) is 17.4. The average Bonchev–Trinajstić information content (AvgIpc) is 3.03. The van der Waals surface area contributed by atoms with Gasteiger partial charge in [-0.05, 0) is 37.9 Å². The number of rotatable bonds is 7. The maximum absolute atomic E-state index is 12.3. The first-order chi connectivity index (χ1) is 11.8. The molecule has 24 heavy (non-hydrogen) atoms. The number of hydrogen-bond acceptors (Lipinski definition) is 4. The molecule has 1 N–H and O–H groups in total. The molecule has 1 atom stereocenters. The van der Waals surface area contributed by atoms with Gasteiger partial charge in [0, 0.05) is 6.54 Å². The molecule has 2 heterocycles. The highest BCUT2D eigenvalue weighted by Gasteiger charge is 2.28. The van der Waals surface area contributed by atoms with E-state index in [9.17, 15) is 4.79 Å². The first-order valence-electron chi connectivity index (χ1n) is 9.14. The smallest absolute Gasteiger partial charge is 0.234 e. The quantitative estimate of drug-likeness (QED) is 0.768. The van der Waals surface area contributed by atoms with Crippen molar-refractivity contribution in [3.63, 3.8) is 0 Å². The van der Waals surface area contributed by atoms with E-state index in [0.29, 0.717) is 6.54 Å². The van der Waals surface area contributed by atoms with E-state index >= 15 is 0 Å². The van der Waals surface area contributed by atoms with Crippen molar-refractivity contribution in [2.24, 2.45) is 0 Å². The second kappa shape index (κ2) is 8.58. The molecule has 5 heteroatoms. The molecule has 1 aliphatic rings. The zero-order chi connectivity index (χ0) is 16.8. The van der Waals surface area contributed by atoms with Gasteiger partial charge in [0.25, 0.3) is 0 Å². The van der Waals surface area contributed by atoms with Crippen LogP contribution in [0.5, 0.6) is 0 Å². The van der Waals surface area contributed by atoms with Crippen LogP contribution in [0.3, 0.4) is 0 Å². The minimum absolute atomic E-state index is 0.152. The Labute approximate surface area is 148 Å². The van der Waals surface area contributed by atoms with E-state index in [1.807, 2.05) is 6.07 Å². The molecule has 0 aliphatic carbocycles. The Bertz CT molecular complexity index is 636. The van der Waals surface area contributed by atoms with E-state index in [4.69, 9.17) is 4.98 Å². The van der Waals surface area contributed by atoms with Gasteiger partial charge in [-0.15, -0.1) is 11.3 Å². The molecule has 0 radical (unpaired) electrons. The summed E-state index contributed by atoms with van der Waals surface area (Å²) in [6.45, 7) is 4.46. The van der Waals surface area contributed by atoms with E-state index in [1.165, 1.54) is 30.4 Å². The number of thiazole rings is 1. The van der Waals surface area contributed by atoms with Gasteiger partial charge in [0.15, 0.2) is 0 Å². The molecule has 4 nitrogen and oxygen atoms in total. The van der Waals surface area contributed by atoms with Gasteiger partial charge >= 0.3 is 0 Å². The molecule has 2 aromatic rings. The van der Waals surface area contributed by atoms with Crippen LogP contribution in [0.4, 0.5) is 0 Å². The summed E-state index contributed by atoms with van der Waals surface area (Å²) in [7, 11) is 0. The number of nitrogens with one attached hydrogen (secondary N) is 1. The number of likely N-dealkylation sites (tertiary alicyclic amines) is 1. The van der Waals surface area contributed by atoms with Gasteiger partial charge in [0.1, 0.15) is 5.01 Å². The van der Waals surface area contributed by atoms with Gasteiger partial charge in [-0.1, -0.05) is 38.3 Å². The third-order valence-corrected chi connectivity index (χ3v) is 5.80. The molecule has 1 fully saturated rings. The highest BCUT2D eigenvalue weighted by Crippen LogP contribution is 2.35. The summed E-state index contributed by atoms with van der Waals surface area (Å²) in [5.74, 6) is 0.152. The maximum Gasteiger partial charge on any atom is 0.234 e. The zero-order valence-electron chi connectivity index (χ0n) is 14.5. The Morgan fingerprint density at radius 2 is 2.21 bits per heavy atom. The number of carbonyl (C=O) groups is 1. The van der Waals surface area contributed by atoms with Crippen molar-refractivity contribution < 1.29 is 4.79 Å².